The number of sulfonamides is 1. The Hall–Kier alpha value is -2.09. The first-order chi connectivity index (χ1) is 11.3. The maximum atomic E-state index is 12.0. The van der Waals surface area contributed by atoms with E-state index in [0.29, 0.717) is 21.8 Å². The number of benzene rings is 2. The molecule has 0 saturated carbocycles. The molecule has 7 heteroatoms. The normalized spacial score (nSPS) is 11.8. The van der Waals surface area contributed by atoms with E-state index in [-0.39, 0.29) is 10.5 Å². The highest BCUT2D eigenvalue weighted by Gasteiger charge is 2.22. The molecule has 0 saturated heterocycles. The Balaban J connectivity index is 2.78. The van der Waals surface area contributed by atoms with Gasteiger partial charge in [0.15, 0.2) is 0 Å². The van der Waals surface area contributed by atoms with Crippen LogP contribution in [0.2, 0.25) is 0 Å². The number of hydrogen-bond acceptors (Lipinski definition) is 4. The van der Waals surface area contributed by atoms with Crippen molar-refractivity contribution in [1.82, 2.24) is 0 Å². The zero-order valence-electron chi connectivity index (χ0n) is 13.0. The fourth-order valence-electron chi connectivity index (χ4n) is 2.18. The molecule has 0 aliphatic carbocycles. The van der Waals surface area contributed by atoms with Gasteiger partial charge in [-0.05, 0) is 24.6 Å². The van der Waals surface area contributed by atoms with E-state index in [2.05, 4.69) is 0 Å². The maximum Gasteiger partial charge on any atom is 0.335 e. The molecular weight excluding hydrogens is 346 g/mol. The second-order valence-electron chi connectivity index (χ2n) is 4.94. The number of rotatable bonds is 6. The van der Waals surface area contributed by atoms with Crippen molar-refractivity contribution in [3.05, 3.63) is 60.2 Å². The number of allylic oxidation sites excluding steroid dienone is 1. The highest BCUT2D eigenvalue weighted by molar-refractivity contribution is 7.99. The summed E-state index contributed by atoms with van der Waals surface area (Å²) < 4.78 is 24.1. The van der Waals surface area contributed by atoms with E-state index in [1.807, 2.05) is 25.1 Å². The summed E-state index contributed by atoms with van der Waals surface area (Å²) in [4.78, 5) is 11.7. The van der Waals surface area contributed by atoms with Gasteiger partial charge in [-0.1, -0.05) is 42.5 Å². The number of nitrogens with two attached hydrogens (primary N) is 1. The van der Waals surface area contributed by atoms with Crippen LogP contribution < -0.4 is 5.14 Å². The molecule has 0 heterocycles. The molecule has 0 amide bonds. The van der Waals surface area contributed by atoms with Crippen molar-refractivity contribution in [2.24, 2.45) is 5.14 Å². The van der Waals surface area contributed by atoms with Crippen molar-refractivity contribution >= 4 is 27.8 Å². The van der Waals surface area contributed by atoms with Crippen LogP contribution in [0.4, 0.5) is 0 Å². The number of hydrogen-bond donors (Lipinski definition) is 2. The molecule has 0 unspecified atom stereocenters. The number of carboxylic acids is 1. The SMILES string of the molecule is CC=CCSc1cc(C(=O)O)cc(S(N)(=O)=O)c1-c1ccccc1. The molecule has 0 bridgehead atoms. The van der Waals surface area contributed by atoms with Gasteiger partial charge in [-0.15, -0.1) is 11.8 Å². The third kappa shape index (κ3) is 4.25. The zero-order valence-corrected chi connectivity index (χ0v) is 14.6. The number of primary sulfonamides is 1. The maximum absolute atomic E-state index is 12.0. The summed E-state index contributed by atoms with van der Waals surface area (Å²) in [5, 5.41) is 14.6. The molecule has 2 aromatic carbocycles. The van der Waals surface area contributed by atoms with Crippen molar-refractivity contribution in [2.45, 2.75) is 16.7 Å². The number of carbonyl (C=O) groups is 1. The summed E-state index contributed by atoms with van der Waals surface area (Å²) in [5.41, 5.74) is 0.987. The summed E-state index contributed by atoms with van der Waals surface area (Å²) >= 11 is 1.36. The van der Waals surface area contributed by atoms with Gasteiger partial charge < -0.3 is 5.11 Å². The summed E-state index contributed by atoms with van der Waals surface area (Å²) in [6.07, 6.45) is 3.78. The van der Waals surface area contributed by atoms with Crippen LogP contribution in [0, 0.1) is 0 Å². The second kappa shape index (κ2) is 7.65. The lowest BCUT2D eigenvalue weighted by molar-refractivity contribution is 0.0696. The Bertz CT molecular complexity index is 875. The van der Waals surface area contributed by atoms with E-state index in [4.69, 9.17) is 5.14 Å². The Morgan fingerprint density at radius 3 is 2.46 bits per heavy atom. The molecule has 0 aliphatic rings. The molecule has 2 rings (SSSR count). The Labute approximate surface area is 145 Å². The molecule has 0 aromatic heterocycles. The lowest BCUT2D eigenvalue weighted by Crippen LogP contribution is -2.15. The van der Waals surface area contributed by atoms with Crippen molar-refractivity contribution < 1.29 is 18.3 Å². The molecule has 0 atom stereocenters. The summed E-state index contributed by atoms with van der Waals surface area (Å²) in [6, 6.07) is 11.5. The van der Waals surface area contributed by atoms with Gasteiger partial charge in [0.05, 0.1) is 10.5 Å². The summed E-state index contributed by atoms with van der Waals surface area (Å²) in [7, 11) is -4.09. The van der Waals surface area contributed by atoms with E-state index in [0.717, 1.165) is 6.07 Å². The van der Waals surface area contributed by atoms with Gasteiger partial charge in [0.2, 0.25) is 10.0 Å². The largest absolute Gasteiger partial charge is 0.478 e. The lowest BCUT2D eigenvalue weighted by Gasteiger charge is -2.15. The van der Waals surface area contributed by atoms with E-state index >= 15 is 0 Å². The van der Waals surface area contributed by atoms with Gasteiger partial charge in [0.1, 0.15) is 0 Å². The van der Waals surface area contributed by atoms with Gasteiger partial charge >= 0.3 is 5.97 Å². The molecule has 5 nitrogen and oxygen atoms in total. The van der Waals surface area contributed by atoms with Crippen LogP contribution in [-0.4, -0.2) is 25.2 Å². The first-order valence-corrected chi connectivity index (χ1v) is 9.61. The third-order valence-electron chi connectivity index (χ3n) is 3.25. The molecule has 3 N–H and O–H groups in total. The van der Waals surface area contributed by atoms with E-state index in [9.17, 15) is 18.3 Å². The Morgan fingerprint density at radius 1 is 1.25 bits per heavy atom. The van der Waals surface area contributed by atoms with Gasteiger partial charge in [-0.2, -0.15) is 0 Å². The van der Waals surface area contributed by atoms with Crippen LogP contribution in [0.3, 0.4) is 0 Å². The topological polar surface area (TPSA) is 97.5 Å². The number of aromatic carboxylic acids is 1. The van der Waals surface area contributed by atoms with E-state index < -0.39 is 16.0 Å². The summed E-state index contributed by atoms with van der Waals surface area (Å²) in [5.74, 6) is -0.615. The average molecular weight is 363 g/mol. The van der Waals surface area contributed by atoms with Crippen LogP contribution >= 0.6 is 11.8 Å². The predicted octanol–water partition coefficient (Wildman–Crippen LogP) is 3.37. The first-order valence-electron chi connectivity index (χ1n) is 7.08. The monoisotopic (exact) mass is 363 g/mol. The zero-order chi connectivity index (χ0) is 17.7. The van der Waals surface area contributed by atoms with E-state index in [1.165, 1.54) is 17.8 Å². The van der Waals surface area contributed by atoms with Crippen LogP contribution in [0.25, 0.3) is 11.1 Å². The van der Waals surface area contributed by atoms with Crippen molar-refractivity contribution in [3.63, 3.8) is 0 Å². The lowest BCUT2D eigenvalue weighted by atomic mass is 10.0. The minimum Gasteiger partial charge on any atom is -0.478 e. The Kier molecular flexibility index (Phi) is 5.82. The van der Waals surface area contributed by atoms with Crippen LogP contribution in [0.15, 0.2) is 64.4 Å². The smallest absolute Gasteiger partial charge is 0.335 e. The number of thioether (sulfide) groups is 1. The highest BCUT2D eigenvalue weighted by Crippen LogP contribution is 2.37. The van der Waals surface area contributed by atoms with E-state index in [1.54, 1.807) is 24.3 Å². The van der Waals surface area contributed by atoms with Crippen molar-refractivity contribution in [2.75, 3.05) is 5.75 Å². The van der Waals surface area contributed by atoms with Crippen molar-refractivity contribution in [3.8, 4) is 11.1 Å². The number of carboxylic acid groups (broad SMARTS) is 1. The fraction of sp³-hybridized carbons (Fsp3) is 0.118. The quantitative estimate of drug-likeness (QED) is 0.606. The van der Waals surface area contributed by atoms with Gasteiger partial charge in [0, 0.05) is 16.2 Å². The predicted molar refractivity (Wildman–Crippen MR) is 95.7 cm³/mol. The summed E-state index contributed by atoms with van der Waals surface area (Å²) in [6.45, 7) is 1.88. The average Bonchev–Trinajstić information content (AvgIpc) is 2.54. The van der Waals surface area contributed by atoms with Crippen LogP contribution in [0.1, 0.15) is 17.3 Å². The first kappa shape index (κ1) is 18.3. The molecule has 126 valence electrons. The van der Waals surface area contributed by atoms with Gasteiger partial charge in [0.25, 0.3) is 0 Å². The molecule has 0 fully saturated rings. The fourth-order valence-corrected chi connectivity index (χ4v) is 4.09. The highest BCUT2D eigenvalue weighted by atomic mass is 32.2. The molecule has 24 heavy (non-hydrogen) atoms. The Morgan fingerprint density at radius 2 is 1.92 bits per heavy atom. The molecule has 0 spiro atoms. The molecular formula is C17H17NO4S2. The van der Waals surface area contributed by atoms with Crippen molar-refractivity contribution in [1.29, 1.82) is 0 Å². The van der Waals surface area contributed by atoms with Crippen LogP contribution in [-0.2, 0) is 10.0 Å². The minimum absolute atomic E-state index is 0.110. The minimum atomic E-state index is -4.09. The second-order valence-corrected chi connectivity index (χ2v) is 7.54. The van der Waals surface area contributed by atoms with Gasteiger partial charge in [-0.3, -0.25) is 0 Å². The van der Waals surface area contributed by atoms with Crippen LogP contribution in [0.5, 0.6) is 0 Å². The molecule has 0 radical (unpaired) electrons. The third-order valence-corrected chi connectivity index (χ3v) is 5.18. The standard InChI is InChI=1S/C17H17NO4S2/c1-2-3-9-23-14-10-13(17(19)20)11-15(24(18,21)22)16(14)12-7-5-4-6-8-12/h2-8,10-11H,9H2,1H3,(H,19,20)(H2,18,21,22). The molecule has 2 aromatic rings. The van der Waals surface area contributed by atoms with Gasteiger partial charge in [-0.25, -0.2) is 18.4 Å². The molecule has 0 aliphatic heterocycles.